The molecule has 4 nitrogen and oxygen atoms in total. The van der Waals surface area contributed by atoms with Gasteiger partial charge in [0.1, 0.15) is 11.5 Å². The highest BCUT2D eigenvalue weighted by Gasteiger charge is 2.21. The molecule has 2 aliphatic heterocycles. The lowest BCUT2D eigenvalue weighted by Crippen LogP contribution is -2.43. The smallest absolute Gasteiger partial charge is 0.126 e. The SMILES string of the molecule is COc1ccc2c(c1)OC[C@@H](Cc1cccc(N3CCNCC3)c1)C2. The minimum Gasteiger partial charge on any atom is -0.497 e. The zero-order valence-corrected chi connectivity index (χ0v) is 14.8. The molecule has 2 aromatic carbocycles. The van der Waals surface area contributed by atoms with Crippen molar-refractivity contribution in [1.29, 1.82) is 0 Å². The van der Waals surface area contributed by atoms with Crippen molar-refractivity contribution in [3.63, 3.8) is 0 Å². The number of hydrogen-bond donors (Lipinski definition) is 1. The van der Waals surface area contributed by atoms with E-state index >= 15 is 0 Å². The number of piperazine rings is 1. The second-order valence-corrected chi connectivity index (χ2v) is 6.97. The Bertz CT molecular complexity index is 726. The average Bonchev–Trinajstić information content (AvgIpc) is 2.68. The molecule has 0 spiro atoms. The van der Waals surface area contributed by atoms with Crippen molar-refractivity contribution in [2.45, 2.75) is 12.8 Å². The van der Waals surface area contributed by atoms with E-state index in [1.807, 2.05) is 12.1 Å². The number of nitrogens with one attached hydrogen (secondary N) is 1. The number of fused-ring (bicyclic) bond motifs is 1. The quantitative estimate of drug-likeness (QED) is 0.929. The highest BCUT2D eigenvalue weighted by molar-refractivity contribution is 5.49. The van der Waals surface area contributed by atoms with Crippen LogP contribution in [0.4, 0.5) is 5.69 Å². The van der Waals surface area contributed by atoms with Crippen molar-refractivity contribution in [2.75, 3.05) is 44.8 Å². The molecular formula is C21H26N2O2. The number of benzene rings is 2. The number of methoxy groups -OCH3 is 1. The topological polar surface area (TPSA) is 33.7 Å². The second-order valence-electron chi connectivity index (χ2n) is 6.97. The summed E-state index contributed by atoms with van der Waals surface area (Å²) in [6.07, 6.45) is 2.13. The van der Waals surface area contributed by atoms with E-state index in [0.29, 0.717) is 5.92 Å². The summed E-state index contributed by atoms with van der Waals surface area (Å²) in [6.45, 7) is 5.09. The minimum atomic E-state index is 0.527. The van der Waals surface area contributed by atoms with E-state index in [1.54, 1.807) is 7.11 Å². The molecule has 0 radical (unpaired) electrons. The summed E-state index contributed by atoms with van der Waals surface area (Å²) in [5.41, 5.74) is 4.04. The molecule has 1 saturated heterocycles. The maximum atomic E-state index is 6.00. The molecule has 0 aliphatic carbocycles. The number of ether oxygens (including phenoxy) is 2. The lowest BCUT2D eigenvalue weighted by atomic mass is 9.91. The first kappa shape index (κ1) is 16.3. The van der Waals surface area contributed by atoms with Crippen molar-refractivity contribution in [3.05, 3.63) is 53.6 Å². The molecule has 2 heterocycles. The molecule has 1 atom stereocenters. The van der Waals surface area contributed by atoms with Gasteiger partial charge < -0.3 is 19.7 Å². The number of nitrogens with zero attached hydrogens (tertiary/aromatic N) is 1. The third-order valence-corrected chi connectivity index (χ3v) is 5.17. The molecule has 0 saturated carbocycles. The molecule has 0 unspecified atom stereocenters. The van der Waals surface area contributed by atoms with Gasteiger partial charge in [-0.05, 0) is 42.2 Å². The van der Waals surface area contributed by atoms with Crippen molar-refractivity contribution >= 4 is 5.69 Å². The van der Waals surface area contributed by atoms with E-state index in [9.17, 15) is 0 Å². The molecule has 2 aromatic rings. The molecule has 25 heavy (non-hydrogen) atoms. The van der Waals surface area contributed by atoms with Gasteiger partial charge in [0.15, 0.2) is 0 Å². The van der Waals surface area contributed by atoms with Crippen LogP contribution in [0.2, 0.25) is 0 Å². The molecule has 132 valence electrons. The Morgan fingerprint density at radius 3 is 2.88 bits per heavy atom. The van der Waals surface area contributed by atoms with Crippen LogP contribution < -0.4 is 19.7 Å². The first-order chi connectivity index (χ1) is 12.3. The predicted octanol–water partition coefficient (Wildman–Crippen LogP) is 2.90. The zero-order chi connectivity index (χ0) is 17.1. The van der Waals surface area contributed by atoms with E-state index in [1.165, 1.54) is 16.8 Å². The predicted molar refractivity (Wildman–Crippen MR) is 101 cm³/mol. The Morgan fingerprint density at radius 2 is 2.04 bits per heavy atom. The summed E-state index contributed by atoms with van der Waals surface area (Å²) in [5.74, 6) is 2.37. The second kappa shape index (κ2) is 7.36. The lowest BCUT2D eigenvalue weighted by Gasteiger charge is -2.30. The van der Waals surface area contributed by atoms with Crippen LogP contribution in [-0.2, 0) is 12.8 Å². The maximum Gasteiger partial charge on any atom is 0.126 e. The first-order valence-electron chi connectivity index (χ1n) is 9.16. The summed E-state index contributed by atoms with van der Waals surface area (Å²) < 4.78 is 11.3. The van der Waals surface area contributed by atoms with E-state index in [0.717, 1.165) is 57.1 Å². The summed E-state index contributed by atoms with van der Waals surface area (Å²) in [4.78, 5) is 2.47. The van der Waals surface area contributed by atoms with Gasteiger partial charge in [-0.1, -0.05) is 18.2 Å². The fraction of sp³-hybridized carbons (Fsp3) is 0.429. The van der Waals surface area contributed by atoms with Crippen molar-refractivity contribution < 1.29 is 9.47 Å². The van der Waals surface area contributed by atoms with Crippen molar-refractivity contribution in [2.24, 2.45) is 5.92 Å². The van der Waals surface area contributed by atoms with Gasteiger partial charge in [0.25, 0.3) is 0 Å². The summed E-state index contributed by atoms with van der Waals surface area (Å²) in [7, 11) is 1.69. The Hall–Kier alpha value is -2.20. The van der Waals surface area contributed by atoms with Crippen molar-refractivity contribution in [3.8, 4) is 11.5 Å². The standard InChI is InChI=1S/C21H26N2O2/c1-24-20-6-5-18-12-17(15-25-21(18)14-20)11-16-3-2-4-19(13-16)23-9-7-22-8-10-23/h2-6,13-14,17,22H,7-12,15H2,1H3/t17-/m0/s1. The van der Waals surface area contributed by atoms with Gasteiger partial charge in [-0.25, -0.2) is 0 Å². The third kappa shape index (κ3) is 3.74. The van der Waals surface area contributed by atoms with Gasteiger partial charge in [-0.2, -0.15) is 0 Å². The van der Waals surface area contributed by atoms with Crippen molar-refractivity contribution in [1.82, 2.24) is 5.32 Å². The van der Waals surface area contributed by atoms with Gasteiger partial charge in [0, 0.05) is 43.9 Å². The van der Waals surface area contributed by atoms with Gasteiger partial charge in [-0.15, -0.1) is 0 Å². The van der Waals surface area contributed by atoms with E-state index < -0.39 is 0 Å². The highest BCUT2D eigenvalue weighted by atomic mass is 16.5. The molecule has 1 fully saturated rings. The summed E-state index contributed by atoms with van der Waals surface area (Å²) in [5, 5.41) is 3.42. The monoisotopic (exact) mass is 338 g/mol. The Kier molecular flexibility index (Phi) is 4.79. The number of rotatable bonds is 4. The Morgan fingerprint density at radius 1 is 1.16 bits per heavy atom. The van der Waals surface area contributed by atoms with Crippen LogP contribution in [0.1, 0.15) is 11.1 Å². The molecule has 0 bridgehead atoms. The lowest BCUT2D eigenvalue weighted by molar-refractivity contribution is 0.220. The van der Waals surface area contributed by atoms with Crippen LogP contribution in [-0.4, -0.2) is 39.9 Å². The van der Waals surface area contributed by atoms with Gasteiger partial charge in [-0.3, -0.25) is 0 Å². The first-order valence-corrected chi connectivity index (χ1v) is 9.16. The molecular weight excluding hydrogens is 312 g/mol. The average molecular weight is 338 g/mol. The van der Waals surface area contributed by atoms with Gasteiger partial charge >= 0.3 is 0 Å². The van der Waals surface area contributed by atoms with E-state index in [-0.39, 0.29) is 0 Å². The summed E-state index contributed by atoms with van der Waals surface area (Å²) in [6, 6.07) is 15.2. The highest BCUT2D eigenvalue weighted by Crippen LogP contribution is 2.32. The Labute approximate surface area is 149 Å². The number of hydrogen-bond acceptors (Lipinski definition) is 4. The fourth-order valence-corrected chi connectivity index (χ4v) is 3.81. The molecule has 0 aromatic heterocycles. The van der Waals surface area contributed by atoms with E-state index in [2.05, 4.69) is 40.5 Å². The largest absolute Gasteiger partial charge is 0.497 e. The minimum absolute atomic E-state index is 0.527. The van der Waals surface area contributed by atoms with E-state index in [4.69, 9.17) is 9.47 Å². The van der Waals surface area contributed by atoms with Crippen LogP contribution in [0.5, 0.6) is 11.5 Å². The Balaban J connectivity index is 1.44. The molecule has 4 rings (SSSR count). The zero-order valence-electron chi connectivity index (χ0n) is 14.8. The van der Waals surface area contributed by atoms with Crippen LogP contribution in [0.3, 0.4) is 0 Å². The third-order valence-electron chi connectivity index (χ3n) is 5.17. The van der Waals surface area contributed by atoms with Crippen LogP contribution in [0.25, 0.3) is 0 Å². The van der Waals surface area contributed by atoms with Gasteiger partial charge in [0.05, 0.1) is 13.7 Å². The van der Waals surface area contributed by atoms with Crippen LogP contribution in [0, 0.1) is 5.92 Å². The molecule has 1 N–H and O–H groups in total. The molecule has 4 heteroatoms. The van der Waals surface area contributed by atoms with Gasteiger partial charge in [0.2, 0.25) is 0 Å². The summed E-state index contributed by atoms with van der Waals surface area (Å²) >= 11 is 0. The molecule has 0 amide bonds. The maximum absolute atomic E-state index is 6.00. The fourth-order valence-electron chi connectivity index (χ4n) is 3.81. The molecule has 2 aliphatic rings. The normalized spacial score (nSPS) is 19.9. The number of anilines is 1. The van der Waals surface area contributed by atoms with Crippen LogP contribution in [0.15, 0.2) is 42.5 Å². The van der Waals surface area contributed by atoms with Crippen LogP contribution >= 0.6 is 0 Å².